The summed E-state index contributed by atoms with van der Waals surface area (Å²) in [5, 5.41) is 12.4. The summed E-state index contributed by atoms with van der Waals surface area (Å²) in [7, 11) is 2.90. The fourth-order valence-electron chi connectivity index (χ4n) is 2.54. The zero-order valence-corrected chi connectivity index (χ0v) is 14.8. The molecule has 27 heavy (non-hydrogen) atoms. The average molecular weight is 383 g/mol. The minimum atomic E-state index is -4.95. The van der Waals surface area contributed by atoms with Gasteiger partial charge in [-0.25, -0.2) is 0 Å². The van der Waals surface area contributed by atoms with Gasteiger partial charge in [-0.2, -0.15) is 13.2 Å². The molecule has 1 amide bonds. The fourth-order valence-corrected chi connectivity index (χ4v) is 2.54. The highest BCUT2D eigenvalue weighted by molar-refractivity contribution is 5.79. The third-order valence-corrected chi connectivity index (χ3v) is 4.07. The molecule has 0 saturated carbocycles. The number of nitrogens with one attached hydrogen (secondary N) is 1. The van der Waals surface area contributed by atoms with Gasteiger partial charge in [0.1, 0.15) is 0 Å². The molecule has 0 unspecified atom stereocenters. The van der Waals surface area contributed by atoms with Crippen LogP contribution in [0.2, 0.25) is 0 Å². The lowest BCUT2D eigenvalue weighted by Gasteiger charge is -2.31. The summed E-state index contributed by atoms with van der Waals surface area (Å²) >= 11 is 0. The second-order valence-corrected chi connectivity index (χ2v) is 5.87. The molecule has 5 nitrogen and oxygen atoms in total. The molecule has 0 heterocycles. The normalized spacial score (nSPS) is 13.6. The van der Waals surface area contributed by atoms with E-state index in [1.54, 1.807) is 18.2 Å². The lowest BCUT2D eigenvalue weighted by molar-refractivity contribution is -0.264. The van der Waals surface area contributed by atoms with Gasteiger partial charge in [0, 0.05) is 0 Å². The van der Waals surface area contributed by atoms with E-state index >= 15 is 0 Å². The summed E-state index contributed by atoms with van der Waals surface area (Å²) in [6.45, 7) is -0.993. The van der Waals surface area contributed by atoms with Crippen molar-refractivity contribution in [1.82, 2.24) is 5.32 Å². The van der Waals surface area contributed by atoms with Crippen LogP contribution in [0.1, 0.15) is 11.1 Å². The van der Waals surface area contributed by atoms with Crippen LogP contribution in [0.5, 0.6) is 11.5 Å². The molecule has 0 aliphatic carbocycles. The highest BCUT2D eigenvalue weighted by atomic mass is 19.4. The maximum absolute atomic E-state index is 13.4. The molecule has 2 rings (SSSR count). The van der Waals surface area contributed by atoms with Crippen LogP contribution in [-0.4, -0.2) is 38.0 Å². The molecule has 0 spiro atoms. The average Bonchev–Trinajstić information content (AvgIpc) is 2.65. The van der Waals surface area contributed by atoms with Crippen LogP contribution >= 0.6 is 0 Å². The van der Waals surface area contributed by atoms with Crippen LogP contribution in [0.25, 0.3) is 0 Å². The van der Waals surface area contributed by atoms with Gasteiger partial charge >= 0.3 is 6.18 Å². The number of methoxy groups -OCH3 is 2. The molecule has 1 atom stereocenters. The predicted molar refractivity (Wildman–Crippen MR) is 92.7 cm³/mol. The number of hydrogen-bond acceptors (Lipinski definition) is 4. The Labute approximate surface area is 154 Å². The van der Waals surface area contributed by atoms with E-state index < -0.39 is 24.2 Å². The smallest absolute Gasteiger partial charge is 0.423 e. The van der Waals surface area contributed by atoms with E-state index in [9.17, 15) is 23.1 Å². The van der Waals surface area contributed by atoms with Crippen LogP contribution in [0.3, 0.4) is 0 Å². The molecular formula is C19H20F3NO4. The Morgan fingerprint density at radius 1 is 1.04 bits per heavy atom. The monoisotopic (exact) mass is 383 g/mol. The molecule has 146 valence electrons. The van der Waals surface area contributed by atoms with Gasteiger partial charge in [0.2, 0.25) is 11.5 Å². The standard InChI is InChI=1S/C19H20F3NO4/c1-26-15-9-8-13(10-16(15)27-2)11-17(24)23-12-18(25,19(20,21)22)14-6-4-3-5-7-14/h3-10,25H,11-12H2,1-2H3,(H,23,24)/t18-/m1/s1. The van der Waals surface area contributed by atoms with Crippen molar-refractivity contribution in [3.05, 3.63) is 59.7 Å². The van der Waals surface area contributed by atoms with Crippen molar-refractivity contribution >= 4 is 5.91 Å². The highest BCUT2D eigenvalue weighted by Gasteiger charge is 2.55. The third kappa shape index (κ3) is 4.71. The summed E-state index contributed by atoms with van der Waals surface area (Å²) in [6, 6.07) is 11.4. The van der Waals surface area contributed by atoms with Crippen LogP contribution in [-0.2, 0) is 16.8 Å². The number of benzene rings is 2. The Hall–Kier alpha value is -2.74. The molecule has 2 aromatic rings. The molecule has 0 saturated heterocycles. The summed E-state index contributed by atoms with van der Waals surface area (Å²) in [5.74, 6) is 0.205. The van der Waals surface area contributed by atoms with Crippen molar-refractivity contribution < 1.29 is 32.5 Å². The van der Waals surface area contributed by atoms with Crippen molar-refractivity contribution in [1.29, 1.82) is 0 Å². The number of rotatable bonds is 7. The molecule has 8 heteroatoms. The Bertz CT molecular complexity index is 780. The first kappa shape index (κ1) is 20.6. The Morgan fingerprint density at radius 3 is 2.22 bits per heavy atom. The number of alkyl halides is 3. The number of hydrogen-bond donors (Lipinski definition) is 2. The number of amides is 1. The zero-order valence-electron chi connectivity index (χ0n) is 14.8. The molecule has 2 N–H and O–H groups in total. The first-order valence-corrected chi connectivity index (χ1v) is 8.03. The van der Waals surface area contributed by atoms with E-state index in [1.807, 2.05) is 0 Å². The van der Waals surface area contributed by atoms with Crippen LogP contribution in [0.15, 0.2) is 48.5 Å². The minimum Gasteiger partial charge on any atom is -0.493 e. The number of aliphatic hydroxyl groups is 1. The van der Waals surface area contributed by atoms with Crippen LogP contribution in [0.4, 0.5) is 13.2 Å². The first-order chi connectivity index (χ1) is 12.7. The number of halogens is 3. The zero-order chi connectivity index (χ0) is 20.1. The fraction of sp³-hybridized carbons (Fsp3) is 0.316. The molecule has 0 aliphatic heterocycles. The SMILES string of the molecule is COc1ccc(CC(=O)NC[C@@](O)(c2ccccc2)C(F)(F)F)cc1OC. The maximum atomic E-state index is 13.4. The van der Waals surface area contributed by atoms with E-state index in [1.165, 1.54) is 32.4 Å². The van der Waals surface area contributed by atoms with E-state index in [2.05, 4.69) is 5.32 Å². The van der Waals surface area contributed by atoms with Gasteiger partial charge in [-0.3, -0.25) is 4.79 Å². The van der Waals surface area contributed by atoms with Crippen molar-refractivity contribution in [2.45, 2.75) is 18.2 Å². The molecule has 0 bridgehead atoms. The largest absolute Gasteiger partial charge is 0.493 e. The van der Waals surface area contributed by atoms with Crippen molar-refractivity contribution in [2.75, 3.05) is 20.8 Å². The molecule has 2 aromatic carbocycles. The Morgan fingerprint density at radius 2 is 1.67 bits per heavy atom. The molecule has 0 radical (unpaired) electrons. The summed E-state index contributed by atoms with van der Waals surface area (Å²) in [6.07, 6.45) is -5.13. The third-order valence-electron chi connectivity index (χ3n) is 4.07. The van der Waals surface area contributed by atoms with Crippen molar-refractivity contribution in [3.63, 3.8) is 0 Å². The predicted octanol–water partition coefficient (Wildman–Crippen LogP) is 2.81. The van der Waals surface area contributed by atoms with E-state index in [0.717, 1.165) is 12.1 Å². The van der Waals surface area contributed by atoms with E-state index in [-0.39, 0.29) is 12.0 Å². The topological polar surface area (TPSA) is 67.8 Å². The highest BCUT2D eigenvalue weighted by Crippen LogP contribution is 2.38. The van der Waals surface area contributed by atoms with Gasteiger partial charge in [-0.15, -0.1) is 0 Å². The van der Waals surface area contributed by atoms with E-state index in [0.29, 0.717) is 17.1 Å². The van der Waals surface area contributed by atoms with Gasteiger partial charge in [0.15, 0.2) is 11.5 Å². The quantitative estimate of drug-likeness (QED) is 0.772. The molecular weight excluding hydrogens is 363 g/mol. The van der Waals surface area contributed by atoms with Gasteiger partial charge in [0.25, 0.3) is 0 Å². The second kappa shape index (κ2) is 8.30. The molecule has 0 aliphatic rings. The number of carbonyl (C=O) groups excluding carboxylic acids is 1. The van der Waals surface area contributed by atoms with Gasteiger partial charge in [-0.1, -0.05) is 36.4 Å². The Balaban J connectivity index is 2.11. The summed E-state index contributed by atoms with van der Waals surface area (Å²) in [4.78, 5) is 12.1. The number of ether oxygens (including phenoxy) is 2. The first-order valence-electron chi connectivity index (χ1n) is 8.03. The van der Waals surface area contributed by atoms with Gasteiger partial charge in [0.05, 0.1) is 27.2 Å². The van der Waals surface area contributed by atoms with E-state index in [4.69, 9.17) is 9.47 Å². The van der Waals surface area contributed by atoms with Crippen LogP contribution < -0.4 is 14.8 Å². The lowest BCUT2D eigenvalue weighted by Crippen LogP contribution is -2.51. The minimum absolute atomic E-state index is 0.177. The van der Waals surface area contributed by atoms with Crippen molar-refractivity contribution in [3.8, 4) is 11.5 Å². The second-order valence-electron chi connectivity index (χ2n) is 5.87. The summed E-state index contributed by atoms with van der Waals surface area (Å²) in [5.41, 5.74) is -2.99. The lowest BCUT2D eigenvalue weighted by atomic mass is 9.93. The molecule has 0 aromatic heterocycles. The van der Waals surface area contributed by atoms with Gasteiger partial charge in [-0.05, 0) is 23.3 Å². The van der Waals surface area contributed by atoms with Crippen LogP contribution in [0, 0.1) is 0 Å². The van der Waals surface area contributed by atoms with Crippen molar-refractivity contribution in [2.24, 2.45) is 0 Å². The number of carbonyl (C=O) groups is 1. The Kier molecular flexibility index (Phi) is 6.32. The maximum Gasteiger partial charge on any atom is 0.423 e. The summed E-state index contributed by atoms with van der Waals surface area (Å²) < 4.78 is 50.5. The molecule has 0 fully saturated rings. The van der Waals surface area contributed by atoms with Gasteiger partial charge < -0.3 is 19.9 Å².